The molecule has 108 valence electrons. The monoisotopic (exact) mass is 369 g/mol. The van der Waals surface area contributed by atoms with Crippen LogP contribution in [0.2, 0.25) is 0 Å². The fraction of sp³-hybridized carbons (Fsp3) is 0. The Morgan fingerprint density at radius 2 is 1.95 bits per heavy atom. The Morgan fingerprint density at radius 3 is 2.52 bits per heavy atom. The highest BCUT2D eigenvalue weighted by atomic mass is 79.9. The number of sulfonamides is 1. The summed E-state index contributed by atoms with van der Waals surface area (Å²) in [5.41, 5.74) is 5.90. The quantitative estimate of drug-likeness (QED) is 0.812. The van der Waals surface area contributed by atoms with Crippen LogP contribution in [0.4, 0.5) is 15.8 Å². The molecule has 0 aromatic heterocycles. The van der Waals surface area contributed by atoms with E-state index in [0.29, 0.717) is 0 Å². The average Bonchev–Trinajstić information content (AvgIpc) is 2.42. The van der Waals surface area contributed by atoms with Gasteiger partial charge in [-0.2, -0.15) is 5.26 Å². The molecule has 0 fully saturated rings. The number of nitrogens with one attached hydrogen (secondary N) is 1. The van der Waals surface area contributed by atoms with Crippen LogP contribution in [0.15, 0.2) is 45.8 Å². The zero-order chi connectivity index (χ0) is 15.6. The minimum absolute atomic E-state index is 0.0564. The molecule has 0 saturated carbocycles. The van der Waals surface area contributed by atoms with E-state index in [-0.39, 0.29) is 26.3 Å². The Morgan fingerprint density at radius 1 is 1.24 bits per heavy atom. The Labute approximate surface area is 129 Å². The highest BCUT2D eigenvalue weighted by molar-refractivity contribution is 9.10. The Hall–Kier alpha value is -2.11. The lowest BCUT2D eigenvalue weighted by Crippen LogP contribution is -2.15. The van der Waals surface area contributed by atoms with Gasteiger partial charge < -0.3 is 5.73 Å². The molecule has 21 heavy (non-hydrogen) atoms. The lowest BCUT2D eigenvalue weighted by atomic mass is 10.2. The number of anilines is 2. The second kappa shape index (κ2) is 5.71. The van der Waals surface area contributed by atoms with Gasteiger partial charge in [0.2, 0.25) is 0 Å². The van der Waals surface area contributed by atoms with E-state index in [2.05, 4.69) is 20.7 Å². The van der Waals surface area contributed by atoms with Gasteiger partial charge in [-0.3, -0.25) is 4.72 Å². The van der Waals surface area contributed by atoms with Crippen LogP contribution in [0.5, 0.6) is 0 Å². The summed E-state index contributed by atoms with van der Waals surface area (Å²) in [4.78, 5) is -0.176. The van der Waals surface area contributed by atoms with E-state index < -0.39 is 15.8 Å². The van der Waals surface area contributed by atoms with E-state index in [1.807, 2.05) is 6.07 Å². The van der Waals surface area contributed by atoms with E-state index in [4.69, 9.17) is 11.0 Å². The molecule has 0 aliphatic heterocycles. The van der Waals surface area contributed by atoms with Crippen molar-refractivity contribution in [1.82, 2.24) is 0 Å². The van der Waals surface area contributed by atoms with Crippen molar-refractivity contribution in [3.05, 3.63) is 52.3 Å². The molecule has 0 aliphatic rings. The molecule has 2 rings (SSSR count). The Bertz CT molecular complexity index is 847. The molecule has 0 saturated heterocycles. The van der Waals surface area contributed by atoms with Gasteiger partial charge in [0.05, 0.1) is 27.5 Å². The fourth-order valence-electron chi connectivity index (χ4n) is 1.63. The van der Waals surface area contributed by atoms with Crippen molar-refractivity contribution in [2.75, 3.05) is 10.5 Å². The van der Waals surface area contributed by atoms with E-state index >= 15 is 0 Å². The van der Waals surface area contributed by atoms with Crippen LogP contribution in [0.25, 0.3) is 0 Å². The summed E-state index contributed by atoms with van der Waals surface area (Å²) in [5, 5.41) is 8.73. The second-order valence-electron chi connectivity index (χ2n) is 4.10. The van der Waals surface area contributed by atoms with E-state index in [0.717, 1.165) is 6.07 Å². The van der Waals surface area contributed by atoms with Gasteiger partial charge in [-0.05, 0) is 52.3 Å². The summed E-state index contributed by atoms with van der Waals surface area (Å²) in [6.07, 6.45) is 0. The number of hydrogen-bond acceptors (Lipinski definition) is 4. The van der Waals surface area contributed by atoms with E-state index in [1.165, 1.54) is 30.3 Å². The molecule has 0 heterocycles. The molecule has 0 amide bonds. The molecule has 2 aromatic carbocycles. The molecule has 3 N–H and O–H groups in total. The number of halogens is 2. The van der Waals surface area contributed by atoms with Crippen molar-refractivity contribution >= 4 is 37.3 Å². The number of rotatable bonds is 3. The number of nitriles is 1. The first-order valence-corrected chi connectivity index (χ1v) is 7.88. The summed E-state index contributed by atoms with van der Waals surface area (Å²) in [6.45, 7) is 0. The minimum Gasteiger partial charge on any atom is -0.398 e. The molecule has 0 radical (unpaired) electrons. The van der Waals surface area contributed by atoms with Crippen LogP contribution < -0.4 is 10.5 Å². The van der Waals surface area contributed by atoms with Crippen molar-refractivity contribution in [1.29, 1.82) is 5.26 Å². The number of nitrogens with two attached hydrogens (primary N) is 1. The maximum atomic E-state index is 13.4. The third-order valence-electron chi connectivity index (χ3n) is 2.60. The second-order valence-corrected chi connectivity index (χ2v) is 6.60. The molecule has 5 nitrogen and oxygen atoms in total. The summed E-state index contributed by atoms with van der Waals surface area (Å²) >= 11 is 2.98. The standard InChI is InChI=1S/C13H9BrFN3O2S/c14-10-3-2-9(6-11(10)15)18-21(19,20)13-4-1-8(7-16)5-12(13)17/h1-6,18H,17H2. The number of nitrogens with zero attached hydrogens (tertiary/aromatic N) is 1. The molecule has 2 aromatic rings. The maximum Gasteiger partial charge on any atom is 0.263 e. The van der Waals surface area contributed by atoms with Crippen molar-refractivity contribution in [2.24, 2.45) is 0 Å². The smallest absolute Gasteiger partial charge is 0.263 e. The van der Waals surface area contributed by atoms with Crippen molar-refractivity contribution in [3.63, 3.8) is 0 Å². The Balaban J connectivity index is 2.38. The fourth-order valence-corrected chi connectivity index (χ4v) is 3.04. The molecule has 0 spiro atoms. The zero-order valence-corrected chi connectivity index (χ0v) is 12.9. The van der Waals surface area contributed by atoms with Crippen LogP contribution in [0.3, 0.4) is 0 Å². The first-order chi connectivity index (χ1) is 9.83. The van der Waals surface area contributed by atoms with Gasteiger partial charge in [-0.1, -0.05) is 0 Å². The predicted molar refractivity (Wildman–Crippen MR) is 80.5 cm³/mol. The van der Waals surface area contributed by atoms with Crippen molar-refractivity contribution < 1.29 is 12.8 Å². The van der Waals surface area contributed by atoms with Crippen molar-refractivity contribution in [3.8, 4) is 6.07 Å². The highest BCUT2D eigenvalue weighted by Gasteiger charge is 2.18. The first-order valence-electron chi connectivity index (χ1n) is 5.61. The number of hydrogen-bond donors (Lipinski definition) is 2. The van der Waals surface area contributed by atoms with E-state index in [9.17, 15) is 12.8 Å². The largest absolute Gasteiger partial charge is 0.398 e. The molecule has 0 bridgehead atoms. The van der Waals surface area contributed by atoms with Gasteiger partial charge in [0.15, 0.2) is 0 Å². The minimum atomic E-state index is -3.96. The van der Waals surface area contributed by atoms with Gasteiger partial charge in [0.25, 0.3) is 10.0 Å². The third-order valence-corrected chi connectivity index (χ3v) is 4.70. The van der Waals surface area contributed by atoms with Crippen LogP contribution in [0, 0.1) is 17.1 Å². The molecular weight excluding hydrogens is 361 g/mol. The number of nitrogen functional groups attached to an aromatic ring is 1. The Kier molecular flexibility index (Phi) is 4.16. The maximum absolute atomic E-state index is 13.4. The summed E-state index contributed by atoms with van der Waals surface area (Å²) in [6, 6.07) is 9.52. The van der Waals surface area contributed by atoms with Crippen LogP contribution in [-0.2, 0) is 10.0 Å². The summed E-state index contributed by atoms with van der Waals surface area (Å²) < 4.78 is 40.3. The molecule has 8 heteroatoms. The van der Waals surface area contributed by atoms with Crippen molar-refractivity contribution in [2.45, 2.75) is 4.90 Å². The first kappa shape index (κ1) is 15.3. The lowest BCUT2D eigenvalue weighted by molar-refractivity contribution is 0.601. The predicted octanol–water partition coefficient (Wildman–Crippen LogP) is 2.84. The van der Waals surface area contributed by atoms with E-state index in [1.54, 1.807) is 0 Å². The average molecular weight is 370 g/mol. The number of benzene rings is 2. The van der Waals surface area contributed by atoms with Crippen LogP contribution >= 0.6 is 15.9 Å². The van der Waals surface area contributed by atoms with Gasteiger partial charge >= 0.3 is 0 Å². The highest BCUT2D eigenvalue weighted by Crippen LogP contribution is 2.24. The summed E-state index contributed by atoms with van der Waals surface area (Å²) in [7, 11) is -3.96. The van der Waals surface area contributed by atoms with Gasteiger partial charge in [0.1, 0.15) is 10.7 Å². The van der Waals surface area contributed by atoms with Gasteiger partial charge in [0, 0.05) is 0 Å². The molecule has 0 aliphatic carbocycles. The lowest BCUT2D eigenvalue weighted by Gasteiger charge is -2.10. The SMILES string of the molecule is N#Cc1ccc(S(=O)(=O)Nc2ccc(Br)c(F)c2)c(N)c1. The molecular formula is C13H9BrFN3O2S. The summed E-state index contributed by atoms with van der Waals surface area (Å²) in [5.74, 6) is -0.594. The topological polar surface area (TPSA) is 96.0 Å². The van der Waals surface area contributed by atoms with Crippen LogP contribution in [0.1, 0.15) is 5.56 Å². The molecule has 0 unspecified atom stereocenters. The van der Waals surface area contributed by atoms with Gasteiger partial charge in [-0.15, -0.1) is 0 Å². The zero-order valence-electron chi connectivity index (χ0n) is 10.5. The normalized spacial score (nSPS) is 10.9. The van der Waals surface area contributed by atoms with Gasteiger partial charge in [-0.25, -0.2) is 12.8 Å². The third kappa shape index (κ3) is 3.32. The molecule has 0 atom stereocenters. The van der Waals surface area contributed by atoms with Crippen LogP contribution in [-0.4, -0.2) is 8.42 Å².